The van der Waals surface area contributed by atoms with E-state index >= 15 is 0 Å². The van der Waals surface area contributed by atoms with E-state index in [-0.39, 0.29) is 0 Å². The number of pyridine rings is 1. The average Bonchev–Trinajstić information content (AvgIpc) is 3.51. The summed E-state index contributed by atoms with van der Waals surface area (Å²) in [5.74, 6) is 2.31. The van der Waals surface area contributed by atoms with Gasteiger partial charge in [0.25, 0.3) is 0 Å². The van der Waals surface area contributed by atoms with E-state index in [1.807, 2.05) is 54.2 Å². The zero-order chi connectivity index (χ0) is 25.2. The summed E-state index contributed by atoms with van der Waals surface area (Å²) in [6.07, 6.45) is 5.38. The van der Waals surface area contributed by atoms with Crippen LogP contribution in [0.25, 0.3) is 22.4 Å². The third kappa shape index (κ3) is 4.55. The van der Waals surface area contributed by atoms with Gasteiger partial charge >= 0.3 is 0 Å². The van der Waals surface area contributed by atoms with Crippen molar-refractivity contribution in [2.75, 3.05) is 26.6 Å². The van der Waals surface area contributed by atoms with Gasteiger partial charge in [0, 0.05) is 48.4 Å². The number of aromatic nitrogens is 3. The predicted molar refractivity (Wildman–Crippen MR) is 141 cm³/mol. The standard InChI is InChI=1S/C26H23ClN4O4S/c1-31-10-9-29-26(31)36-24-6-5-15(11-17(24)27)30-18-7-8-28-19-13-21(35-25(18)19)16-12-22(33-3)23(34-4)14-20(16)32-2/h5-14H,1-4H3,(H,28,30). The quantitative estimate of drug-likeness (QED) is 0.238. The second-order valence-electron chi connectivity index (χ2n) is 7.78. The second kappa shape index (κ2) is 10.0. The lowest BCUT2D eigenvalue weighted by Gasteiger charge is -2.12. The Bertz CT molecular complexity index is 1550. The summed E-state index contributed by atoms with van der Waals surface area (Å²) in [6, 6.07) is 13.1. The zero-order valence-corrected chi connectivity index (χ0v) is 21.6. The summed E-state index contributed by atoms with van der Waals surface area (Å²) < 4.78 is 24.6. The Kier molecular flexibility index (Phi) is 6.67. The molecule has 0 bridgehead atoms. The Hall–Kier alpha value is -3.82. The van der Waals surface area contributed by atoms with E-state index in [9.17, 15) is 0 Å². The molecule has 0 amide bonds. The maximum absolute atomic E-state index is 6.58. The third-order valence-electron chi connectivity index (χ3n) is 5.57. The number of rotatable bonds is 8. The maximum Gasteiger partial charge on any atom is 0.176 e. The fraction of sp³-hybridized carbons (Fsp3) is 0.154. The molecule has 1 N–H and O–H groups in total. The molecule has 0 radical (unpaired) electrons. The van der Waals surface area contributed by atoms with Gasteiger partial charge in [0.1, 0.15) is 17.0 Å². The van der Waals surface area contributed by atoms with Crippen molar-refractivity contribution in [2.24, 2.45) is 7.05 Å². The van der Waals surface area contributed by atoms with Crippen LogP contribution in [-0.2, 0) is 7.05 Å². The minimum Gasteiger partial charge on any atom is -0.496 e. The van der Waals surface area contributed by atoms with Gasteiger partial charge in [-0.3, -0.25) is 4.98 Å². The molecule has 2 aromatic carbocycles. The lowest BCUT2D eigenvalue weighted by molar-refractivity contribution is 0.349. The molecular weight excluding hydrogens is 500 g/mol. The van der Waals surface area contributed by atoms with E-state index in [2.05, 4.69) is 15.3 Å². The molecule has 0 unspecified atom stereocenters. The summed E-state index contributed by atoms with van der Waals surface area (Å²) >= 11 is 8.09. The molecule has 0 atom stereocenters. The Morgan fingerprint density at radius 1 is 0.917 bits per heavy atom. The average molecular weight is 523 g/mol. The first-order valence-electron chi connectivity index (χ1n) is 10.9. The van der Waals surface area contributed by atoms with Gasteiger partial charge in [-0.2, -0.15) is 0 Å². The van der Waals surface area contributed by atoms with Crippen molar-refractivity contribution in [3.8, 4) is 28.6 Å². The molecule has 0 saturated heterocycles. The Labute approximate surface area is 217 Å². The molecule has 5 aromatic rings. The summed E-state index contributed by atoms with van der Waals surface area (Å²) in [6.45, 7) is 0. The van der Waals surface area contributed by atoms with E-state index in [4.69, 9.17) is 30.2 Å². The van der Waals surface area contributed by atoms with E-state index < -0.39 is 0 Å². The number of imidazole rings is 1. The van der Waals surface area contributed by atoms with Gasteiger partial charge in [-0.25, -0.2) is 4.98 Å². The molecule has 10 heteroatoms. The zero-order valence-electron chi connectivity index (χ0n) is 20.0. The second-order valence-corrected chi connectivity index (χ2v) is 9.20. The largest absolute Gasteiger partial charge is 0.496 e. The first kappa shape index (κ1) is 23.9. The van der Waals surface area contributed by atoms with E-state index in [0.29, 0.717) is 39.1 Å². The van der Waals surface area contributed by atoms with Crippen molar-refractivity contribution in [1.29, 1.82) is 0 Å². The van der Waals surface area contributed by atoms with Gasteiger partial charge in [0.2, 0.25) is 0 Å². The van der Waals surface area contributed by atoms with Crippen LogP contribution in [0.5, 0.6) is 17.2 Å². The number of methoxy groups -OCH3 is 3. The Morgan fingerprint density at radius 3 is 2.39 bits per heavy atom. The third-order valence-corrected chi connectivity index (χ3v) is 7.15. The molecule has 0 aliphatic carbocycles. The van der Waals surface area contributed by atoms with Crippen LogP contribution in [0.3, 0.4) is 0 Å². The lowest BCUT2D eigenvalue weighted by Crippen LogP contribution is -1.94. The molecule has 0 saturated carbocycles. The summed E-state index contributed by atoms with van der Waals surface area (Å²) in [7, 11) is 6.71. The maximum atomic E-state index is 6.58. The van der Waals surface area contributed by atoms with Crippen LogP contribution in [0.15, 0.2) is 75.5 Å². The van der Waals surface area contributed by atoms with Crippen LogP contribution in [-0.4, -0.2) is 35.9 Å². The molecule has 3 heterocycles. The fourth-order valence-electron chi connectivity index (χ4n) is 3.76. The SMILES string of the molecule is COc1cc(OC)c(-c2cc3nccc(Nc4ccc(Sc5nccn5C)c(Cl)c4)c3o2)cc1OC. The number of fused-ring (bicyclic) bond motifs is 1. The molecule has 0 aliphatic rings. The minimum absolute atomic E-state index is 0.566. The van der Waals surface area contributed by atoms with Gasteiger partial charge in [-0.15, -0.1) is 0 Å². The molecule has 0 spiro atoms. The van der Waals surface area contributed by atoms with Gasteiger partial charge in [0.05, 0.1) is 37.6 Å². The highest BCUT2D eigenvalue weighted by molar-refractivity contribution is 7.99. The van der Waals surface area contributed by atoms with Crippen LogP contribution in [0, 0.1) is 0 Å². The predicted octanol–water partition coefficient (Wildman–Crippen LogP) is 6.80. The van der Waals surface area contributed by atoms with Crippen LogP contribution in [0.4, 0.5) is 11.4 Å². The monoisotopic (exact) mass is 522 g/mol. The van der Waals surface area contributed by atoms with E-state index in [1.54, 1.807) is 39.8 Å². The van der Waals surface area contributed by atoms with E-state index in [0.717, 1.165) is 27.0 Å². The fourth-order valence-corrected chi connectivity index (χ4v) is 4.86. The van der Waals surface area contributed by atoms with Gasteiger partial charge in [-0.05, 0) is 30.3 Å². The molecule has 8 nitrogen and oxygen atoms in total. The van der Waals surface area contributed by atoms with Crippen LogP contribution < -0.4 is 19.5 Å². The van der Waals surface area contributed by atoms with Crippen molar-refractivity contribution in [1.82, 2.24) is 14.5 Å². The van der Waals surface area contributed by atoms with Gasteiger partial charge < -0.3 is 28.5 Å². The molecule has 0 aliphatic heterocycles. The van der Waals surface area contributed by atoms with Crippen molar-refractivity contribution < 1.29 is 18.6 Å². The Morgan fingerprint density at radius 2 is 1.69 bits per heavy atom. The molecule has 0 fully saturated rings. The smallest absolute Gasteiger partial charge is 0.176 e. The minimum atomic E-state index is 0.566. The number of hydrogen-bond acceptors (Lipinski definition) is 8. The molecule has 36 heavy (non-hydrogen) atoms. The van der Waals surface area contributed by atoms with Crippen molar-refractivity contribution in [3.05, 3.63) is 66.1 Å². The number of aryl methyl sites for hydroxylation is 1. The number of halogens is 1. The van der Waals surface area contributed by atoms with Gasteiger partial charge in [0.15, 0.2) is 22.2 Å². The molecule has 5 rings (SSSR count). The van der Waals surface area contributed by atoms with Crippen LogP contribution in [0.2, 0.25) is 5.02 Å². The van der Waals surface area contributed by atoms with Crippen molar-refractivity contribution >= 4 is 45.8 Å². The molecule has 184 valence electrons. The number of furan rings is 1. The number of benzene rings is 2. The highest BCUT2D eigenvalue weighted by Crippen LogP contribution is 2.42. The molecular formula is C26H23ClN4O4S. The lowest BCUT2D eigenvalue weighted by atomic mass is 10.1. The highest BCUT2D eigenvalue weighted by Gasteiger charge is 2.19. The van der Waals surface area contributed by atoms with Gasteiger partial charge in [-0.1, -0.05) is 23.4 Å². The first-order valence-corrected chi connectivity index (χ1v) is 12.1. The Balaban J connectivity index is 1.47. The summed E-state index contributed by atoms with van der Waals surface area (Å²) in [4.78, 5) is 9.73. The number of nitrogens with one attached hydrogen (secondary N) is 1. The number of ether oxygens (including phenoxy) is 3. The normalized spacial score (nSPS) is 11.0. The number of hydrogen-bond donors (Lipinski definition) is 1. The number of nitrogens with zero attached hydrogens (tertiary/aromatic N) is 3. The highest BCUT2D eigenvalue weighted by atomic mass is 35.5. The van der Waals surface area contributed by atoms with Crippen molar-refractivity contribution in [2.45, 2.75) is 10.1 Å². The summed E-state index contributed by atoms with van der Waals surface area (Å²) in [5, 5.41) is 4.88. The summed E-state index contributed by atoms with van der Waals surface area (Å²) in [5.41, 5.74) is 3.59. The topological polar surface area (TPSA) is 83.6 Å². The van der Waals surface area contributed by atoms with Crippen LogP contribution >= 0.6 is 23.4 Å². The first-order chi connectivity index (χ1) is 17.5. The van der Waals surface area contributed by atoms with E-state index in [1.165, 1.54) is 11.8 Å². The van der Waals surface area contributed by atoms with Crippen LogP contribution in [0.1, 0.15) is 0 Å². The van der Waals surface area contributed by atoms with Crippen molar-refractivity contribution in [3.63, 3.8) is 0 Å². The molecule has 3 aromatic heterocycles. The number of anilines is 2.